The minimum atomic E-state index is -0.0282. The van der Waals surface area contributed by atoms with Crippen molar-refractivity contribution in [1.29, 1.82) is 0 Å². The quantitative estimate of drug-likeness (QED) is 0.838. The topological polar surface area (TPSA) is 61.4 Å². The number of hydrogen-bond acceptors (Lipinski definition) is 4. The molecule has 6 heteroatoms. The van der Waals surface area contributed by atoms with E-state index < -0.39 is 0 Å². The summed E-state index contributed by atoms with van der Waals surface area (Å²) in [6, 6.07) is 10.0. The molecule has 4 heterocycles. The van der Waals surface area contributed by atoms with Crippen molar-refractivity contribution >= 4 is 17.5 Å². The summed E-state index contributed by atoms with van der Waals surface area (Å²) in [7, 11) is 0. The molecule has 4 rings (SSSR count). The standard InChI is InChI=1S/C20H25N5O/c1-2-3-5-12-22-20(26)25-15-10-13-24(14-15)18-9-8-17(23-19(18)25)16-7-4-6-11-21-16/h4,6-9,11,15H,2-3,5,10,12-14H2,1H3,(H,22,26)/t15-/m0/s1. The van der Waals surface area contributed by atoms with Gasteiger partial charge in [0.2, 0.25) is 0 Å². The van der Waals surface area contributed by atoms with E-state index in [1.165, 1.54) is 0 Å². The van der Waals surface area contributed by atoms with Gasteiger partial charge in [0.1, 0.15) is 0 Å². The first-order valence-electron chi connectivity index (χ1n) is 9.52. The van der Waals surface area contributed by atoms with Crippen molar-refractivity contribution in [3.63, 3.8) is 0 Å². The normalized spacial score (nSPS) is 18.0. The maximum atomic E-state index is 12.9. The molecule has 0 aliphatic carbocycles. The number of carbonyl (C=O) groups is 1. The van der Waals surface area contributed by atoms with Crippen LogP contribution in [-0.2, 0) is 0 Å². The summed E-state index contributed by atoms with van der Waals surface area (Å²) in [6.07, 6.45) is 6.05. The minimum absolute atomic E-state index is 0.0282. The van der Waals surface area contributed by atoms with E-state index in [0.717, 1.165) is 68.2 Å². The van der Waals surface area contributed by atoms with Crippen LogP contribution in [0.5, 0.6) is 0 Å². The number of urea groups is 1. The van der Waals surface area contributed by atoms with Gasteiger partial charge in [0.15, 0.2) is 5.82 Å². The molecular formula is C20H25N5O. The zero-order chi connectivity index (χ0) is 17.9. The lowest BCUT2D eigenvalue weighted by Gasteiger charge is -2.35. The summed E-state index contributed by atoms with van der Waals surface area (Å²) in [6.45, 7) is 4.75. The fourth-order valence-electron chi connectivity index (χ4n) is 3.78. The molecule has 1 N–H and O–H groups in total. The summed E-state index contributed by atoms with van der Waals surface area (Å²) < 4.78 is 0. The van der Waals surface area contributed by atoms with E-state index in [-0.39, 0.29) is 12.1 Å². The third-order valence-electron chi connectivity index (χ3n) is 5.15. The number of nitrogens with zero attached hydrogens (tertiary/aromatic N) is 4. The smallest absolute Gasteiger partial charge is 0.323 e. The monoisotopic (exact) mass is 351 g/mol. The number of fused-ring (bicyclic) bond motifs is 4. The van der Waals surface area contributed by atoms with Gasteiger partial charge < -0.3 is 10.2 Å². The highest BCUT2D eigenvalue weighted by molar-refractivity contribution is 5.97. The van der Waals surface area contributed by atoms with Gasteiger partial charge in [-0.25, -0.2) is 9.78 Å². The molecule has 1 atom stereocenters. The highest BCUT2D eigenvalue weighted by atomic mass is 16.2. The lowest BCUT2D eigenvalue weighted by Crippen LogP contribution is -2.50. The molecule has 1 fully saturated rings. The summed E-state index contributed by atoms with van der Waals surface area (Å²) in [5, 5.41) is 3.08. The molecule has 2 aliphatic heterocycles. The van der Waals surface area contributed by atoms with Crippen molar-refractivity contribution in [2.75, 3.05) is 29.4 Å². The fraction of sp³-hybridized carbons (Fsp3) is 0.450. The Labute approximate surface area is 154 Å². The van der Waals surface area contributed by atoms with Crippen molar-refractivity contribution in [2.24, 2.45) is 0 Å². The molecule has 136 valence electrons. The van der Waals surface area contributed by atoms with Crippen LogP contribution in [0.15, 0.2) is 36.5 Å². The fourth-order valence-corrected chi connectivity index (χ4v) is 3.78. The van der Waals surface area contributed by atoms with Crippen molar-refractivity contribution < 1.29 is 4.79 Å². The predicted molar refractivity (Wildman–Crippen MR) is 103 cm³/mol. The van der Waals surface area contributed by atoms with Gasteiger partial charge in [-0.05, 0) is 37.1 Å². The van der Waals surface area contributed by atoms with Crippen LogP contribution in [0.4, 0.5) is 16.3 Å². The van der Waals surface area contributed by atoms with Crippen molar-refractivity contribution in [1.82, 2.24) is 15.3 Å². The summed E-state index contributed by atoms with van der Waals surface area (Å²) >= 11 is 0. The number of unbranched alkanes of at least 4 members (excludes halogenated alkanes) is 2. The van der Waals surface area contributed by atoms with Crippen molar-refractivity contribution in [3.8, 4) is 11.4 Å². The van der Waals surface area contributed by atoms with Gasteiger partial charge in [-0.3, -0.25) is 9.88 Å². The highest BCUT2D eigenvalue weighted by Crippen LogP contribution is 2.39. The molecule has 2 aromatic heterocycles. The number of pyridine rings is 2. The molecule has 2 bridgehead atoms. The molecule has 0 unspecified atom stereocenters. The number of rotatable bonds is 5. The zero-order valence-corrected chi connectivity index (χ0v) is 15.2. The number of nitrogens with one attached hydrogen (secondary N) is 1. The van der Waals surface area contributed by atoms with Gasteiger partial charge in [-0.15, -0.1) is 0 Å². The van der Waals surface area contributed by atoms with Gasteiger partial charge in [0, 0.05) is 25.8 Å². The highest BCUT2D eigenvalue weighted by Gasteiger charge is 2.40. The average Bonchev–Trinajstić information content (AvgIpc) is 3.10. The number of carbonyl (C=O) groups excluding carboxylic acids is 1. The molecule has 2 aliphatic rings. The van der Waals surface area contributed by atoms with Crippen molar-refractivity contribution in [2.45, 2.75) is 38.6 Å². The number of aromatic nitrogens is 2. The van der Waals surface area contributed by atoms with Gasteiger partial charge >= 0.3 is 6.03 Å². The lowest BCUT2D eigenvalue weighted by molar-refractivity contribution is 0.244. The molecule has 2 amide bonds. The van der Waals surface area contributed by atoms with Gasteiger partial charge in [0.05, 0.1) is 23.1 Å². The van der Waals surface area contributed by atoms with Gasteiger partial charge in [-0.2, -0.15) is 0 Å². The van der Waals surface area contributed by atoms with Crippen LogP contribution in [0, 0.1) is 0 Å². The third-order valence-corrected chi connectivity index (χ3v) is 5.15. The molecule has 0 spiro atoms. The second-order valence-electron chi connectivity index (χ2n) is 6.95. The van der Waals surface area contributed by atoms with E-state index in [4.69, 9.17) is 4.98 Å². The second-order valence-corrected chi connectivity index (χ2v) is 6.95. The van der Waals surface area contributed by atoms with Crippen LogP contribution in [0.2, 0.25) is 0 Å². The molecule has 0 radical (unpaired) electrons. The first kappa shape index (κ1) is 16.8. The van der Waals surface area contributed by atoms with Crippen LogP contribution < -0.4 is 15.1 Å². The van der Waals surface area contributed by atoms with E-state index in [1.54, 1.807) is 6.20 Å². The van der Waals surface area contributed by atoms with E-state index in [9.17, 15) is 4.79 Å². The third kappa shape index (κ3) is 3.11. The number of hydrogen-bond donors (Lipinski definition) is 1. The first-order valence-corrected chi connectivity index (χ1v) is 9.52. The minimum Gasteiger partial charge on any atom is -0.366 e. The first-order chi connectivity index (χ1) is 12.8. The molecular weight excluding hydrogens is 326 g/mol. The Balaban J connectivity index is 1.63. The number of anilines is 2. The van der Waals surface area contributed by atoms with E-state index in [0.29, 0.717) is 0 Å². The zero-order valence-electron chi connectivity index (χ0n) is 15.2. The predicted octanol–water partition coefficient (Wildman–Crippen LogP) is 3.44. The largest absolute Gasteiger partial charge is 0.366 e. The Morgan fingerprint density at radius 3 is 2.96 bits per heavy atom. The maximum absolute atomic E-state index is 12.9. The van der Waals surface area contributed by atoms with E-state index in [1.807, 2.05) is 29.2 Å². The lowest BCUT2D eigenvalue weighted by atomic mass is 10.1. The van der Waals surface area contributed by atoms with Crippen LogP contribution in [0.3, 0.4) is 0 Å². The van der Waals surface area contributed by atoms with Gasteiger partial charge in [-0.1, -0.05) is 25.8 Å². The summed E-state index contributed by atoms with van der Waals surface area (Å²) in [5.41, 5.74) is 2.67. The Kier molecular flexibility index (Phi) is 4.73. The van der Waals surface area contributed by atoms with Crippen LogP contribution >= 0.6 is 0 Å². The van der Waals surface area contributed by atoms with Gasteiger partial charge in [0.25, 0.3) is 0 Å². The Hall–Kier alpha value is -2.63. The average molecular weight is 351 g/mol. The van der Waals surface area contributed by atoms with E-state index >= 15 is 0 Å². The number of amides is 2. The van der Waals surface area contributed by atoms with E-state index in [2.05, 4.69) is 28.2 Å². The van der Waals surface area contributed by atoms with Crippen LogP contribution in [0.25, 0.3) is 11.4 Å². The van der Waals surface area contributed by atoms with Crippen LogP contribution in [-0.4, -0.2) is 41.7 Å². The van der Waals surface area contributed by atoms with Crippen LogP contribution in [0.1, 0.15) is 32.6 Å². The molecule has 2 aromatic rings. The second kappa shape index (κ2) is 7.32. The molecule has 0 aromatic carbocycles. The molecule has 1 saturated heterocycles. The Morgan fingerprint density at radius 2 is 2.15 bits per heavy atom. The molecule has 6 nitrogen and oxygen atoms in total. The SMILES string of the molecule is CCCCCNC(=O)N1c2nc(-c3ccccn3)ccc2N2CC[C@H]1C2. The Bertz CT molecular complexity index is 779. The van der Waals surface area contributed by atoms with Crippen molar-refractivity contribution in [3.05, 3.63) is 36.5 Å². The summed E-state index contributed by atoms with van der Waals surface area (Å²) in [5.74, 6) is 0.759. The Morgan fingerprint density at radius 1 is 1.23 bits per heavy atom. The maximum Gasteiger partial charge on any atom is 0.323 e. The summed E-state index contributed by atoms with van der Waals surface area (Å²) in [4.78, 5) is 26.3. The molecule has 26 heavy (non-hydrogen) atoms. The molecule has 0 saturated carbocycles.